The van der Waals surface area contributed by atoms with Crippen molar-refractivity contribution in [1.82, 2.24) is 0 Å². The Morgan fingerprint density at radius 2 is 1.57 bits per heavy atom. The van der Waals surface area contributed by atoms with Crippen molar-refractivity contribution in [2.75, 3.05) is 13.2 Å². The number of carbonyl (C=O) groups excluding carboxylic acids is 1. The number of ether oxygens (including phenoxy) is 1. The van der Waals surface area contributed by atoms with Gasteiger partial charge in [0.2, 0.25) is 0 Å². The molecule has 0 atom stereocenters. The molecule has 2 fully saturated rings. The second-order valence-corrected chi connectivity index (χ2v) is 5.72. The molecule has 0 bridgehead atoms. The predicted molar refractivity (Wildman–Crippen MR) is 88.8 cm³/mol. The van der Waals surface area contributed by atoms with Crippen LogP contribution < -0.4 is 11.5 Å². The first-order valence-corrected chi connectivity index (χ1v) is 7.32. The summed E-state index contributed by atoms with van der Waals surface area (Å²) in [6.07, 6.45) is 5.73. The van der Waals surface area contributed by atoms with E-state index in [2.05, 4.69) is 0 Å². The summed E-state index contributed by atoms with van der Waals surface area (Å²) >= 11 is 0. The highest BCUT2D eigenvalue weighted by Gasteiger charge is 2.28. The zero-order chi connectivity index (χ0) is 14.3. The fraction of sp³-hybridized carbons (Fsp3) is 0.929. The van der Waals surface area contributed by atoms with Crippen LogP contribution in [0.5, 0.6) is 0 Å². The van der Waals surface area contributed by atoms with Crippen LogP contribution in [-0.2, 0) is 9.53 Å². The molecule has 0 saturated heterocycles. The van der Waals surface area contributed by atoms with Crippen LogP contribution in [0.15, 0.2) is 0 Å². The van der Waals surface area contributed by atoms with Gasteiger partial charge in [-0.1, -0.05) is 0 Å². The Morgan fingerprint density at radius 3 is 1.95 bits per heavy atom. The van der Waals surface area contributed by atoms with Crippen LogP contribution in [0.1, 0.15) is 45.4 Å². The van der Waals surface area contributed by atoms with Crippen LogP contribution in [0.3, 0.4) is 0 Å². The molecule has 2 aliphatic rings. The maximum Gasteiger partial charge on any atom is 0.306 e. The molecule has 5 nitrogen and oxygen atoms in total. The van der Waals surface area contributed by atoms with Crippen LogP contribution in [0, 0.1) is 11.8 Å². The molecule has 128 valence electrons. The third-order valence-electron chi connectivity index (χ3n) is 3.84. The molecule has 2 aliphatic carbocycles. The molecule has 5 N–H and O–H groups in total. The molecule has 0 heterocycles. The fourth-order valence-electron chi connectivity index (χ4n) is 2.62. The van der Waals surface area contributed by atoms with Gasteiger partial charge >= 0.3 is 5.97 Å². The maximum atomic E-state index is 10.9. The van der Waals surface area contributed by atoms with Crippen LogP contribution >= 0.6 is 24.8 Å². The number of halogens is 2. The monoisotopic (exact) mass is 344 g/mol. The minimum Gasteiger partial charge on any atom is -0.466 e. The van der Waals surface area contributed by atoms with E-state index < -0.39 is 0 Å². The van der Waals surface area contributed by atoms with Gasteiger partial charge in [-0.25, -0.2) is 0 Å². The molecule has 0 amide bonds. The summed E-state index contributed by atoms with van der Waals surface area (Å²) in [5, 5.41) is 8.45. The molecule has 0 aromatic heterocycles. The number of rotatable bonds is 5. The number of hydrogen-bond donors (Lipinski definition) is 3. The van der Waals surface area contributed by atoms with E-state index in [-0.39, 0.29) is 30.8 Å². The maximum absolute atomic E-state index is 10.9. The Kier molecular flexibility index (Phi) is 13.8. The van der Waals surface area contributed by atoms with Crippen LogP contribution in [0.4, 0.5) is 0 Å². The summed E-state index contributed by atoms with van der Waals surface area (Å²) in [7, 11) is 0. The number of nitrogens with two attached hydrogens (primary N) is 2. The summed E-state index contributed by atoms with van der Waals surface area (Å²) in [6, 6.07) is 0.765. The van der Waals surface area contributed by atoms with E-state index >= 15 is 0 Å². The number of aliphatic hydroxyl groups is 1. The summed E-state index contributed by atoms with van der Waals surface area (Å²) in [4.78, 5) is 10.9. The smallest absolute Gasteiger partial charge is 0.306 e. The molecule has 2 rings (SSSR count). The normalized spacial score (nSPS) is 29.3. The van der Waals surface area contributed by atoms with E-state index in [1.54, 1.807) is 0 Å². The molecule has 0 aliphatic heterocycles. The van der Waals surface area contributed by atoms with Crippen molar-refractivity contribution in [1.29, 1.82) is 0 Å². The minimum atomic E-state index is -0.0793. The van der Waals surface area contributed by atoms with Crippen molar-refractivity contribution in [3.63, 3.8) is 0 Å². The van der Waals surface area contributed by atoms with Gasteiger partial charge in [-0.15, -0.1) is 24.8 Å². The van der Waals surface area contributed by atoms with Crippen molar-refractivity contribution >= 4 is 30.8 Å². The van der Waals surface area contributed by atoms with E-state index in [1.165, 1.54) is 0 Å². The topological polar surface area (TPSA) is 98.6 Å². The SMILES string of the molecule is CCOC(=O)CC1CC(N)C1.Cl.Cl.NC1CC(CCO)C1. The highest BCUT2D eigenvalue weighted by atomic mass is 35.5. The number of aliphatic hydroxyl groups excluding tert-OH is 1. The van der Waals surface area contributed by atoms with E-state index in [9.17, 15) is 4.79 Å². The molecule has 21 heavy (non-hydrogen) atoms. The van der Waals surface area contributed by atoms with Crippen LogP contribution in [0.2, 0.25) is 0 Å². The van der Waals surface area contributed by atoms with Gasteiger partial charge < -0.3 is 21.3 Å². The summed E-state index contributed by atoms with van der Waals surface area (Å²) < 4.78 is 4.80. The van der Waals surface area contributed by atoms with Gasteiger partial charge in [-0.05, 0) is 50.9 Å². The zero-order valence-electron chi connectivity index (χ0n) is 12.7. The van der Waals surface area contributed by atoms with Crippen molar-refractivity contribution in [2.24, 2.45) is 23.3 Å². The Labute approximate surface area is 140 Å². The minimum absolute atomic E-state index is 0. The van der Waals surface area contributed by atoms with Crippen molar-refractivity contribution in [2.45, 2.75) is 57.5 Å². The molecular formula is C14H30Cl2N2O3. The number of hydrogen-bond acceptors (Lipinski definition) is 5. The predicted octanol–water partition coefficient (Wildman–Crippen LogP) is 1.63. The Bertz CT molecular complexity index is 268. The quantitative estimate of drug-likeness (QED) is 0.658. The Morgan fingerprint density at radius 1 is 1.10 bits per heavy atom. The first-order chi connectivity index (χ1) is 9.05. The molecular weight excluding hydrogens is 315 g/mol. The van der Waals surface area contributed by atoms with Crippen LogP contribution in [0.25, 0.3) is 0 Å². The van der Waals surface area contributed by atoms with Gasteiger partial charge in [-0.2, -0.15) is 0 Å². The zero-order valence-corrected chi connectivity index (χ0v) is 14.3. The molecule has 0 aromatic rings. The van der Waals surface area contributed by atoms with Gasteiger partial charge in [0.05, 0.1) is 6.61 Å². The molecule has 2 saturated carbocycles. The second-order valence-electron chi connectivity index (χ2n) is 5.72. The number of esters is 1. The first-order valence-electron chi connectivity index (χ1n) is 7.32. The van der Waals surface area contributed by atoms with Gasteiger partial charge in [0, 0.05) is 25.1 Å². The van der Waals surface area contributed by atoms with Crippen molar-refractivity contribution < 1.29 is 14.6 Å². The third kappa shape index (κ3) is 9.53. The van der Waals surface area contributed by atoms with E-state index in [1.807, 2.05) is 6.92 Å². The fourth-order valence-corrected chi connectivity index (χ4v) is 2.62. The van der Waals surface area contributed by atoms with Gasteiger partial charge in [0.1, 0.15) is 0 Å². The Hall–Kier alpha value is -0.0700. The molecule has 0 unspecified atom stereocenters. The lowest BCUT2D eigenvalue weighted by Gasteiger charge is -2.31. The van der Waals surface area contributed by atoms with Gasteiger partial charge in [0.25, 0.3) is 0 Å². The lowest BCUT2D eigenvalue weighted by Crippen LogP contribution is -2.37. The summed E-state index contributed by atoms with van der Waals surface area (Å²) in [5.41, 5.74) is 11.1. The third-order valence-corrected chi connectivity index (χ3v) is 3.84. The lowest BCUT2D eigenvalue weighted by atomic mass is 9.79. The average molecular weight is 345 g/mol. The largest absolute Gasteiger partial charge is 0.466 e. The summed E-state index contributed by atoms with van der Waals surface area (Å²) in [5.74, 6) is 1.14. The van der Waals surface area contributed by atoms with E-state index in [0.29, 0.717) is 37.6 Å². The lowest BCUT2D eigenvalue weighted by molar-refractivity contribution is -0.145. The van der Waals surface area contributed by atoms with E-state index in [0.717, 1.165) is 38.0 Å². The summed E-state index contributed by atoms with van der Waals surface area (Å²) in [6.45, 7) is 2.64. The van der Waals surface area contributed by atoms with Gasteiger partial charge in [0.15, 0.2) is 0 Å². The highest BCUT2D eigenvalue weighted by molar-refractivity contribution is 5.85. The standard InChI is InChI=1S/C8H15NO2.C6H13NO.2ClH/c1-2-11-8(10)5-6-3-7(9)4-6;7-6-3-5(4-6)1-2-8;;/h6-7H,2-5,9H2,1H3;5-6,8H,1-4,7H2;2*1H. The van der Waals surface area contributed by atoms with Crippen LogP contribution in [-0.4, -0.2) is 36.4 Å². The van der Waals surface area contributed by atoms with Crippen molar-refractivity contribution in [3.05, 3.63) is 0 Å². The average Bonchev–Trinajstić information content (AvgIpc) is 2.26. The molecule has 0 radical (unpaired) electrons. The van der Waals surface area contributed by atoms with E-state index in [4.69, 9.17) is 21.3 Å². The Balaban J connectivity index is 0. The first kappa shape index (κ1) is 23.2. The van der Waals surface area contributed by atoms with Gasteiger partial charge in [-0.3, -0.25) is 4.79 Å². The highest BCUT2D eigenvalue weighted by Crippen LogP contribution is 2.29. The molecule has 7 heteroatoms. The van der Waals surface area contributed by atoms with Crippen molar-refractivity contribution in [3.8, 4) is 0 Å². The molecule has 0 spiro atoms. The number of carbonyl (C=O) groups is 1. The molecule has 0 aromatic carbocycles. The second kappa shape index (κ2) is 12.5.